The summed E-state index contributed by atoms with van der Waals surface area (Å²) in [6.45, 7) is 14.1. The third-order valence-electron chi connectivity index (χ3n) is 9.60. The second-order valence-electron chi connectivity index (χ2n) is 13.2. The lowest BCUT2D eigenvalue weighted by molar-refractivity contribution is 0.460. The zero-order valence-electron chi connectivity index (χ0n) is 22.8. The molecule has 1 fully saturated rings. The number of rotatable bonds is 1. The highest BCUT2D eigenvalue weighted by Gasteiger charge is 2.43. The van der Waals surface area contributed by atoms with E-state index in [1.165, 1.54) is 68.5 Å². The van der Waals surface area contributed by atoms with Crippen LogP contribution in [-0.4, -0.2) is 0 Å². The summed E-state index contributed by atoms with van der Waals surface area (Å²) in [5, 5.41) is 0. The van der Waals surface area contributed by atoms with E-state index < -0.39 is 0 Å². The Kier molecular flexibility index (Phi) is 4.88. The number of halogens is 1. The van der Waals surface area contributed by atoms with Crippen LogP contribution in [0.15, 0.2) is 105 Å². The highest BCUT2D eigenvalue weighted by molar-refractivity contribution is 9.10. The van der Waals surface area contributed by atoms with Crippen molar-refractivity contribution in [3.05, 3.63) is 121 Å². The van der Waals surface area contributed by atoms with E-state index in [0.29, 0.717) is 11.8 Å². The first kappa shape index (κ1) is 23.5. The maximum absolute atomic E-state index is 3.71. The Labute approximate surface area is 230 Å². The van der Waals surface area contributed by atoms with Crippen molar-refractivity contribution in [3.8, 4) is 11.1 Å². The molecule has 0 aromatic heterocycles. The van der Waals surface area contributed by atoms with Crippen LogP contribution in [0, 0.1) is 17.3 Å². The molecule has 2 aromatic rings. The molecule has 1 heteroatoms. The van der Waals surface area contributed by atoms with E-state index in [4.69, 9.17) is 0 Å². The first-order valence-corrected chi connectivity index (χ1v) is 14.5. The van der Waals surface area contributed by atoms with Crippen molar-refractivity contribution < 1.29 is 0 Å². The Balaban J connectivity index is 1.37. The van der Waals surface area contributed by atoms with Crippen molar-refractivity contribution in [2.45, 2.75) is 59.8 Å². The Morgan fingerprint density at radius 1 is 0.838 bits per heavy atom. The summed E-state index contributed by atoms with van der Waals surface area (Å²) in [6, 6.07) is 14.0. The van der Waals surface area contributed by atoms with E-state index >= 15 is 0 Å². The summed E-state index contributed by atoms with van der Waals surface area (Å²) in [5.74, 6) is 0.980. The number of allylic oxidation sites excluding steroid dienone is 12. The van der Waals surface area contributed by atoms with E-state index in [2.05, 4.69) is 124 Å². The third-order valence-corrected chi connectivity index (χ3v) is 10.1. The highest BCUT2D eigenvalue weighted by Crippen LogP contribution is 2.57. The van der Waals surface area contributed by atoms with Crippen LogP contribution < -0.4 is 0 Å². The quantitative estimate of drug-likeness (QED) is 0.333. The summed E-state index contributed by atoms with van der Waals surface area (Å²) in [5.41, 5.74) is 17.9. The fourth-order valence-electron chi connectivity index (χ4n) is 7.55. The predicted octanol–water partition coefficient (Wildman–Crippen LogP) is 10.3. The van der Waals surface area contributed by atoms with Gasteiger partial charge in [0.2, 0.25) is 0 Å². The minimum Gasteiger partial charge on any atom is -0.0612 e. The Morgan fingerprint density at radius 3 is 2.32 bits per heavy atom. The van der Waals surface area contributed by atoms with Crippen molar-refractivity contribution in [1.82, 2.24) is 0 Å². The third kappa shape index (κ3) is 3.32. The fraction of sp³-hybridized carbons (Fsp3) is 0.333. The molecule has 2 unspecified atom stereocenters. The van der Waals surface area contributed by atoms with Gasteiger partial charge in [0.1, 0.15) is 0 Å². The van der Waals surface area contributed by atoms with Crippen molar-refractivity contribution in [1.29, 1.82) is 0 Å². The van der Waals surface area contributed by atoms with Crippen molar-refractivity contribution >= 4 is 21.5 Å². The molecule has 0 aliphatic heterocycles. The molecule has 186 valence electrons. The Hall–Kier alpha value is -2.64. The summed E-state index contributed by atoms with van der Waals surface area (Å²) >= 11 is 3.71. The van der Waals surface area contributed by atoms with E-state index in [0.717, 1.165) is 4.47 Å². The van der Waals surface area contributed by atoms with Gasteiger partial charge >= 0.3 is 0 Å². The first-order valence-electron chi connectivity index (χ1n) is 13.8. The smallest absolute Gasteiger partial charge is 0.0178 e. The lowest BCUT2D eigenvalue weighted by atomic mass is 9.58. The molecule has 2 aromatic carbocycles. The molecule has 5 aliphatic rings. The number of benzene rings is 2. The normalized spacial score (nSPS) is 24.8. The Morgan fingerprint density at radius 2 is 1.57 bits per heavy atom. The molecule has 0 amide bonds. The van der Waals surface area contributed by atoms with Crippen LogP contribution in [0.2, 0.25) is 0 Å². The maximum atomic E-state index is 3.71. The lowest BCUT2D eigenvalue weighted by Gasteiger charge is -2.46. The second kappa shape index (κ2) is 7.70. The standard InChI is InChI=1S/C36H35Br/c1-20-15-30(21-7-12-27-28-14-10-25(37)19-32(28)36(5,6)31(27)18-21)29-13-9-23-17-24(35(2,3)4)16-22-8-11-26(20)34(29)33(22)23/h7,9-10,12-19,33-34H,8,11H2,1-6H3. The van der Waals surface area contributed by atoms with Crippen molar-refractivity contribution in [2.75, 3.05) is 0 Å². The van der Waals surface area contributed by atoms with Crippen molar-refractivity contribution in [2.24, 2.45) is 17.3 Å². The monoisotopic (exact) mass is 546 g/mol. The molecule has 0 N–H and O–H groups in total. The van der Waals surface area contributed by atoms with Crippen LogP contribution in [0.1, 0.15) is 71.1 Å². The summed E-state index contributed by atoms with van der Waals surface area (Å²) in [7, 11) is 0. The van der Waals surface area contributed by atoms with E-state index in [-0.39, 0.29) is 10.8 Å². The van der Waals surface area contributed by atoms with E-state index in [1.54, 1.807) is 11.1 Å². The zero-order chi connectivity index (χ0) is 25.9. The average molecular weight is 548 g/mol. The lowest BCUT2D eigenvalue weighted by Crippen LogP contribution is -2.33. The molecule has 0 radical (unpaired) electrons. The highest BCUT2D eigenvalue weighted by atomic mass is 79.9. The number of fused-ring (bicyclic) bond motifs is 3. The largest absolute Gasteiger partial charge is 0.0612 e. The Bertz CT molecular complexity index is 1590. The predicted molar refractivity (Wildman–Crippen MR) is 160 cm³/mol. The molecule has 0 spiro atoms. The molecule has 0 nitrogen and oxygen atoms in total. The van der Waals surface area contributed by atoms with Crippen LogP contribution in [0.3, 0.4) is 0 Å². The molecule has 2 atom stereocenters. The summed E-state index contributed by atoms with van der Waals surface area (Å²) in [4.78, 5) is 0. The first-order chi connectivity index (χ1) is 17.5. The van der Waals surface area contributed by atoms with E-state index in [1.807, 2.05) is 0 Å². The van der Waals surface area contributed by atoms with Gasteiger partial charge in [0, 0.05) is 21.7 Å². The minimum atomic E-state index is -0.0119. The molecular weight excluding hydrogens is 512 g/mol. The van der Waals surface area contributed by atoms with Crippen LogP contribution in [0.25, 0.3) is 16.7 Å². The fourth-order valence-corrected chi connectivity index (χ4v) is 7.91. The average Bonchev–Trinajstić information content (AvgIpc) is 3.08. The van der Waals surface area contributed by atoms with Crippen LogP contribution in [-0.2, 0) is 5.41 Å². The summed E-state index contributed by atoms with van der Waals surface area (Å²) in [6.07, 6.45) is 14.8. The minimum absolute atomic E-state index is 0.0119. The molecule has 7 rings (SSSR count). The van der Waals surface area contributed by atoms with Gasteiger partial charge in [0.05, 0.1) is 0 Å². The van der Waals surface area contributed by atoms with Crippen LogP contribution >= 0.6 is 15.9 Å². The molecule has 0 bridgehead atoms. The zero-order valence-corrected chi connectivity index (χ0v) is 24.4. The van der Waals surface area contributed by atoms with Crippen LogP contribution in [0.4, 0.5) is 0 Å². The van der Waals surface area contributed by atoms with Gasteiger partial charge in [0.25, 0.3) is 0 Å². The van der Waals surface area contributed by atoms with Gasteiger partial charge in [-0.15, -0.1) is 0 Å². The van der Waals surface area contributed by atoms with Gasteiger partial charge in [-0.1, -0.05) is 116 Å². The molecule has 5 aliphatic carbocycles. The number of hydrogen-bond acceptors (Lipinski definition) is 0. The van der Waals surface area contributed by atoms with Gasteiger partial charge < -0.3 is 0 Å². The van der Waals surface area contributed by atoms with Crippen molar-refractivity contribution in [3.63, 3.8) is 0 Å². The van der Waals surface area contributed by atoms with Gasteiger partial charge in [-0.25, -0.2) is 0 Å². The molecule has 0 heterocycles. The summed E-state index contributed by atoms with van der Waals surface area (Å²) < 4.78 is 1.16. The van der Waals surface area contributed by atoms with Gasteiger partial charge in [-0.3, -0.25) is 0 Å². The molecule has 0 saturated heterocycles. The molecule has 1 saturated carbocycles. The number of hydrogen-bond donors (Lipinski definition) is 0. The maximum Gasteiger partial charge on any atom is 0.0178 e. The second-order valence-corrected chi connectivity index (χ2v) is 14.1. The SMILES string of the molecule is CC1=C2CCC3=CC(C(C)(C)C)=CC4=CC=C(C(c5ccc6c(c5)C(C)(C)c5cc(Br)ccc5-6)=C1)C2C43. The molecule has 37 heavy (non-hydrogen) atoms. The molecular formula is C36H35Br. The van der Waals surface area contributed by atoms with Crippen LogP contribution in [0.5, 0.6) is 0 Å². The van der Waals surface area contributed by atoms with E-state index in [9.17, 15) is 0 Å². The topological polar surface area (TPSA) is 0 Å². The van der Waals surface area contributed by atoms with Gasteiger partial charge in [-0.05, 0) is 93.5 Å². The van der Waals surface area contributed by atoms with Gasteiger partial charge in [-0.2, -0.15) is 0 Å². The van der Waals surface area contributed by atoms with Gasteiger partial charge in [0.15, 0.2) is 0 Å².